The molecule has 6 rings (SSSR count). The zero-order valence-electron chi connectivity index (χ0n) is 16.0. The Morgan fingerprint density at radius 2 is 2.10 bits per heavy atom. The summed E-state index contributed by atoms with van der Waals surface area (Å²) in [6.45, 7) is 4.01. The molecule has 0 radical (unpaired) electrons. The third-order valence-corrected chi connectivity index (χ3v) is 6.80. The molecule has 1 unspecified atom stereocenters. The van der Waals surface area contributed by atoms with E-state index >= 15 is 0 Å². The Balaban J connectivity index is 1.33. The Morgan fingerprint density at radius 3 is 3.00 bits per heavy atom. The van der Waals surface area contributed by atoms with Gasteiger partial charge in [-0.25, -0.2) is 9.97 Å². The van der Waals surface area contributed by atoms with Gasteiger partial charge in [0.1, 0.15) is 11.5 Å². The molecule has 8 heteroatoms. The second-order valence-corrected chi connectivity index (χ2v) is 8.68. The summed E-state index contributed by atoms with van der Waals surface area (Å²) in [5.74, 6) is 1.04. The first kappa shape index (κ1) is 17.2. The largest absolute Gasteiger partial charge is 0.348 e. The summed E-state index contributed by atoms with van der Waals surface area (Å²) in [6, 6.07) is 4.36. The van der Waals surface area contributed by atoms with Gasteiger partial charge in [0.15, 0.2) is 0 Å². The zero-order valence-corrected chi connectivity index (χ0v) is 16.8. The molecular formula is C21H22ClN7. The third-order valence-electron chi connectivity index (χ3n) is 6.49. The normalized spacial score (nSPS) is 22.0. The standard InChI is InChI=1S/C21H22ClN7/c22-16-11-26-20-15(16)8-14(10-25-20)17-9-18-21(2-1-6-29(18)27-17)3-7-28(13-21)12-19-23-4-5-24-19/h4-5,8-11H,1-3,6-7,12-13H2,(H,23,24)(H,25,26). The molecule has 4 aromatic rings. The van der Waals surface area contributed by atoms with E-state index in [4.69, 9.17) is 16.7 Å². The van der Waals surface area contributed by atoms with Crippen LogP contribution in [-0.2, 0) is 18.5 Å². The highest BCUT2D eigenvalue weighted by atomic mass is 35.5. The van der Waals surface area contributed by atoms with Gasteiger partial charge >= 0.3 is 0 Å². The predicted molar refractivity (Wildman–Crippen MR) is 112 cm³/mol. The number of H-pyrrole nitrogens is 2. The highest BCUT2D eigenvalue weighted by molar-refractivity contribution is 6.35. The lowest BCUT2D eigenvalue weighted by Crippen LogP contribution is -2.36. The lowest BCUT2D eigenvalue weighted by molar-refractivity contribution is 0.259. The fourth-order valence-electron chi connectivity index (χ4n) is 5.06. The minimum Gasteiger partial charge on any atom is -0.348 e. The van der Waals surface area contributed by atoms with Crippen LogP contribution in [-0.4, -0.2) is 47.7 Å². The zero-order chi connectivity index (χ0) is 19.4. The van der Waals surface area contributed by atoms with Gasteiger partial charge in [0, 0.05) is 59.9 Å². The van der Waals surface area contributed by atoms with Crippen molar-refractivity contribution in [1.82, 2.24) is 34.6 Å². The van der Waals surface area contributed by atoms with E-state index in [0.29, 0.717) is 5.02 Å². The number of nitrogens with zero attached hydrogens (tertiary/aromatic N) is 5. The molecule has 0 amide bonds. The summed E-state index contributed by atoms with van der Waals surface area (Å²) in [5.41, 5.74) is 4.35. The Labute approximate surface area is 173 Å². The number of fused-ring (bicyclic) bond motifs is 3. The number of imidazole rings is 1. The van der Waals surface area contributed by atoms with Gasteiger partial charge in [-0.2, -0.15) is 5.10 Å². The summed E-state index contributed by atoms with van der Waals surface area (Å²) >= 11 is 6.30. The molecule has 1 atom stereocenters. The van der Waals surface area contributed by atoms with Gasteiger partial charge in [0.2, 0.25) is 0 Å². The van der Waals surface area contributed by atoms with E-state index in [-0.39, 0.29) is 5.41 Å². The quantitative estimate of drug-likeness (QED) is 0.542. The van der Waals surface area contributed by atoms with Crippen LogP contribution in [0.15, 0.2) is 36.9 Å². The highest BCUT2D eigenvalue weighted by Gasteiger charge is 2.43. The van der Waals surface area contributed by atoms with Crippen molar-refractivity contribution in [2.75, 3.05) is 13.1 Å². The summed E-state index contributed by atoms with van der Waals surface area (Å²) in [4.78, 5) is 17.7. The van der Waals surface area contributed by atoms with E-state index in [2.05, 4.69) is 41.7 Å². The molecule has 0 saturated carbocycles. The van der Waals surface area contributed by atoms with Crippen LogP contribution in [0.2, 0.25) is 5.02 Å². The number of aryl methyl sites for hydroxylation is 1. The Bertz CT molecular complexity index is 1180. The van der Waals surface area contributed by atoms with Crippen LogP contribution in [0.3, 0.4) is 0 Å². The van der Waals surface area contributed by atoms with Gasteiger partial charge in [0.25, 0.3) is 0 Å². The lowest BCUT2D eigenvalue weighted by atomic mass is 9.77. The number of rotatable bonds is 3. The molecule has 7 nitrogen and oxygen atoms in total. The molecule has 4 aromatic heterocycles. The molecule has 0 aliphatic carbocycles. The predicted octanol–water partition coefficient (Wildman–Crippen LogP) is 3.74. The maximum atomic E-state index is 6.30. The molecular weight excluding hydrogens is 386 g/mol. The van der Waals surface area contributed by atoms with E-state index < -0.39 is 0 Å². The van der Waals surface area contributed by atoms with E-state index in [1.165, 1.54) is 25.0 Å². The van der Waals surface area contributed by atoms with Gasteiger partial charge in [0.05, 0.1) is 17.3 Å². The van der Waals surface area contributed by atoms with Gasteiger partial charge in [-0.15, -0.1) is 0 Å². The summed E-state index contributed by atoms with van der Waals surface area (Å²) in [5, 5.41) is 6.58. The van der Waals surface area contributed by atoms with Crippen molar-refractivity contribution in [3.05, 3.63) is 53.5 Å². The first-order valence-corrected chi connectivity index (χ1v) is 10.5. The topological polar surface area (TPSA) is 78.4 Å². The van der Waals surface area contributed by atoms with Gasteiger partial charge in [-0.1, -0.05) is 11.6 Å². The number of pyridine rings is 1. The molecule has 0 aromatic carbocycles. The molecule has 2 N–H and O–H groups in total. The summed E-state index contributed by atoms with van der Waals surface area (Å²) in [6.07, 6.45) is 10.9. The van der Waals surface area contributed by atoms with Gasteiger partial charge < -0.3 is 9.97 Å². The Hall–Kier alpha value is -2.64. The average molecular weight is 408 g/mol. The monoisotopic (exact) mass is 407 g/mol. The Kier molecular flexibility index (Phi) is 3.82. The van der Waals surface area contributed by atoms with Crippen LogP contribution in [0.1, 0.15) is 30.8 Å². The number of aromatic nitrogens is 6. The van der Waals surface area contributed by atoms with Crippen LogP contribution >= 0.6 is 11.6 Å². The molecule has 148 valence electrons. The van der Waals surface area contributed by atoms with Crippen molar-refractivity contribution in [1.29, 1.82) is 0 Å². The fourth-order valence-corrected chi connectivity index (χ4v) is 5.26. The first-order valence-electron chi connectivity index (χ1n) is 10.1. The minimum absolute atomic E-state index is 0.180. The minimum atomic E-state index is 0.180. The van der Waals surface area contributed by atoms with Crippen LogP contribution < -0.4 is 0 Å². The summed E-state index contributed by atoms with van der Waals surface area (Å²) < 4.78 is 2.22. The van der Waals surface area contributed by atoms with Crippen LogP contribution in [0, 0.1) is 0 Å². The number of halogens is 1. The van der Waals surface area contributed by atoms with Crippen molar-refractivity contribution in [3.63, 3.8) is 0 Å². The van der Waals surface area contributed by atoms with Gasteiger partial charge in [-0.05, 0) is 37.9 Å². The third kappa shape index (κ3) is 2.80. The van der Waals surface area contributed by atoms with Crippen molar-refractivity contribution in [2.45, 2.75) is 37.8 Å². The average Bonchev–Trinajstić information content (AvgIpc) is 3.51. The van der Waals surface area contributed by atoms with Crippen LogP contribution in [0.5, 0.6) is 0 Å². The maximum absolute atomic E-state index is 6.30. The second kappa shape index (κ2) is 6.43. The van der Waals surface area contributed by atoms with E-state index in [1.54, 1.807) is 6.20 Å². The molecule has 6 heterocycles. The highest BCUT2D eigenvalue weighted by Crippen LogP contribution is 2.43. The first-order chi connectivity index (χ1) is 14.2. The SMILES string of the molecule is Clc1c[nH]c2ncc(-c3cc4n(n3)CCCC43CCN(Cc4ncc[nH]4)C3)cc12. The molecule has 1 saturated heterocycles. The number of nitrogens with one attached hydrogen (secondary N) is 2. The molecule has 2 aliphatic heterocycles. The lowest BCUT2D eigenvalue weighted by Gasteiger charge is -2.34. The molecule has 2 aliphatic rings. The van der Waals surface area contributed by atoms with E-state index in [0.717, 1.165) is 54.3 Å². The van der Waals surface area contributed by atoms with Crippen LogP contribution in [0.25, 0.3) is 22.3 Å². The number of aromatic amines is 2. The van der Waals surface area contributed by atoms with Gasteiger partial charge in [-0.3, -0.25) is 9.58 Å². The fraction of sp³-hybridized carbons (Fsp3) is 0.381. The summed E-state index contributed by atoms with van der Waals surface area (Å²) in [7, 11) is 0. The molecule has 29 heavy (non-hydrogen) atoms. The molecule has 1 spiro atoms. The number of hydrogen-bond acceptors (Lipinski definition) is 4. The van der Waals surface area contributed by atoms with Crippen molar-refractivity contribution in [2.24, 2.45) is 0 Å². The van der Waals surface area contributed by atoms with Crippen molar-refractivity contribution in [3.8, 4) is 11.3 Å². The molecule has 1 fully saturated rings. The number of hydrogen-bond donors (Lipinski definition) is 2. The Morgan fingerprint density at radius 1 is 1.14 bits per heavy atom. The second-order valence-electron chi connectivity index (χ2n) is 8.28. The van der Waals surface area contributed by atoms with E-state index in [9.17, 15) is 0 Å². The number of likely N-dealkylation sites (tertiary alicyclic amines) is 1. The molecule has 0 bridgehead atoms. The van der Waals surface area contributed by atoms with Crippen molar-refractivity contribution >= 4 is 22.6 Å². The van der Waals surface area contributed by atoms with Crippen LogP contribution in [0.4, 0.5) is 0 Å². The smallest absolute Gasteiger partial charge is 0.138 e. The van der Waals surface area contributed by atoms with Crippen molar-refractivity contribution < 1.29 is 0 Å². The maximum Gasteiger partial charge on any atom is 0.138 e. The van der Waals surface area contributed by atoms with E-state index in [1.807, 2.05) is 18.6 Å².